The topological polar surface area (TPSA) is 280 Å². The summed E-state index contributed by atoms with van der Waals surface area (Å²) in [6.45, 7) is 0.00692. The van der Waals surface area contributed by atoms with Crippen LogP contribution in [0.25, 0.3) is 0 Å². The fourth-order valence-electron chi connectivity index (χ4n) is 2.96. The number of carboxylic acids is 1. The Balaban J connectivity index is 0. The molecular formula is C18H36O14Zn. The summed E-state index contributed by atoms with van der Waals surface area (Å²) in [7, 11) is 0. The van der Waals surface area contributed by atoms with Crippen LogP contribution in [0.5, 0.6) is 0 Å². The SMILES string of the molecule is O=C(O)C(O)C(O)C(O)C(O)C(O)C(O)C(O)C(O)C(O)C(O)C(O)CCCCCCO.[Zn]. The second kappa shape index (κ2) is 17.1. The quantitative estimate of drug-likeness (QED) is 0.0603. The molecule has 13 N–H and O–H groups in total. The Kier molecular flexibility index (Phi) is 18.0. The predicted molar refractivity (Wildman–Crippen MR) is 104 cm³/mol. The van der Waals surface area contributed by atoms with Crippen molar-refractivity contribution in [1.29, 1.82) is 0 Å². The van der Waals surface area contributed by atoms with Gasteiger partial charge in [0.05, 0.1) is 6.10 Å². The van der Waals surface area contributed by atoms with Crippen molar-refractivity contribution in [1.82, 2.24) is 0 Å². The van der Waals surface area contributed by atoms with Gasteiger partial charge in [0.2, 0.25) is 0 Å². The molecule has 0 aliphatic rings. The van der Waals surface area contributed by atoms with Gasteiger partial charge in [0.25, 0.3) is 0 Å². The summed E-state index contributed by atoms with van der Waals surface area (Å²) in [6, 6.07) is 0. The molecule has 0 aromatic carbocycles. The zero-order valence-electron chi connectivity index (χ0n) is 18.0. The van der Waals surface area contributed by atoms with Gasteiger partial charge in [-0.15, -0.1) is 0 Å². The van der Waals surface area contributed by atoms with E-state index in [0.29, 0.717) is 25.7 Å². The molecule has 11 unspecified atom stereocenters. The van der Waals surface area contributed by atoms with Gasteiger partial charge in [-0.05, 0) is 12.8 Å². The van der Waals surface area contributed by atoms with Crippen LogP contribution >= 0.6 is 0 Å². The zero-order valence-corrected chi connectivity index (χ0v) is 21.0. The molecule has 0 saturated heterocycles. The molecule has 0 aliphatic heterocycles. The van der Waals surface area contributed by atoms with Crippen molar-refractivity contribution in [3.63, 3.8) is 0 Å². The van der Waals surface area contributed by atoms with Gasteiger partial charge in [-0.1, -0.05) is 19.3 Å². The number of aliphatic carboxylic acids is 1. The van der Waals surface area contributed by atoms with Gasteiger partial charge in [0.1, 0.15) is 54.9 Å². The molecule has 0 fully saturated rings. The van der Waals surface area contributed by atoms with Crippen LogP contribution in [0.1, 0.15) is 32.1 Å². The van der Waals surface area contributed by atoms with E-state index in [1.807, 2.05) is 0 Å². The Bertz CT molecular complexity index is 528. The van der Waals surface area contributed by atoms with Gasteiger partial charge < -0.3 is 66.4 Å². The van der Waals surface area contributed by atoms with Crippen LogP contribution in [-0.4, -0.2) is 146 Å². The predicted octanol–water partition coefficient (Wildman–Crippen LogP) is -6.02. The van der Waals surface area contributed by atoms with Crippen LogP contribution in [0, 0.1) is 0 Å². The molecule has 0 aliphatic carbocycles. The zero-order chi connectivity index (χ0) is 25.2. The largest absolute Gasteiger partial charge is 0.479 e. The fraction of sp³-hybridized carbons (Fsp3) is 0.944. The maximum absolute atomic E-state index is 10.6. The number of aliphatic hydroxyl groups is 12. The van der Waals surface area contributed by atoms with Crippen molar-refractivity contribution in [3.05, 3.63) is 0 Å². The van der Waals surface area contributed by atoms with Gasteiger partial charge in [-0.2, -0.15) is 0 Å². The minimum atomic E-state index is -2.55. The molecule has 0 amide bonds. The fourth-order valence-corrected chi connectivity index (χ4v) is 2.96. The third-order valence-corrected chi connectivity index (χ3v) is 5.18. The van der Waals surface area contributed by atoms with Gasteiger partial charge in [-0.3, -0.25) is 0 Å². The normalized spacial score (nSPS) is 21.9. The molecule has 14 nitrogen and oxygen atoms in total. The van der Waals surface area contributed by atoms with Gasteiger partial charge in [0, 0.05) is 26.1 Å². The molecular weight excluding hydrogens is 506 g/mol. The van der Waals surface area contributed by atoms with Crippen LogP contribution in [0.2, 0.25) is 0 Å². The van der Waals surface area contributed by atoms with E-state index in [1.165, 1.54) is 0 Å². The Morgan fingerprint density at radius 3 is 1.21 bits per heavy atom. The van der Waals surface area contributed by atoms with Crippen molar-refractivity contribution in [2.45, 2.75) is 99.2 Å². The molecule has 0 rings (SSSR count). The van der Waals surface area contributed by atoms with E-state index in [4.69, 9.17) is 10.2 Å². The van der Waals surface area contributed by atoms with E-state index < -0.39 is 73.1 Å². The first-order valence-corrected chi connectivity index (χ1v) is 10.1. The van der Waals surface area contributed by atoms with Crippen molar-refractivity contribution in [3.8, 4) is 0 Å². The first kappa shape index (κ1) is 34.8. The first-order chi connectivity index (χ1) is 14.8. The molecule has 0 aromatic heterocycles. The van der Waals surface area contributed by atoms with Gasteiger partial charge in [0.15, 0.2) is 6.10 Å². The van der Waals surface area contributed by atoms with Crippen molar-refractivity contribution in [2.75, 3.05) is 6.61 Å². The van der Waals surface area contributed by atoms with Crippen LogP contribution in [0.15, 0.2) is 0 Å². The van der Waals surface area contributed by atoms with Gasteiger partial charge in [-0.25, -0.2) is 4.79 Å². The molecule has 0 bridgehead atoms. The van der Waals surface area contributed by atoms with E-state index in [0.717, 1.165) is 0 Å². The summed E-state index contributed by atoms with van der Waals surface area (Å²) in [5.41, 5.74) is 0. The van der Waals surface area contributed by atoms with E-state index >= 15 is 0 Å². The summed E-state index contributed by atoms with van der Waals surface area (Å²) >= 11 is 0. The Labute approximate surface area is 202 Å². The molecule has 15 heteroatoms. The summed E-state index contributed by atoms with van der Waals surface area (Å²) < 4.78 is 0. The van der Waals surface area contributed by atoms with E-state index in [9.17, 15) is 61.0 Å². The van der Waals surface area contributed by atoms with Crippen molar-refractivity contribution < 1.29 is 90.7 Å². The molecule has 0 aromatic rings. The van der Waals surface area contributed by atoms with E-state index in [-0.39, 0.29) is 32.5 Å². The summed E-state index contributed by atoms with van der Waals surface area (Å²) in [5, 5.41) is 125. The third kappa shape index (κ3) is 10.8. The molecule has 11 atom stereocenters. The molecule has 194 valence electrons. The number of hydrogen-bond donors (Lipinski definition) is 13. The molecule has 0 heterocycles. The number of hydrogen-bond acceptors (Lipinski definition) is 13. The molecule has 0 spiro atoms. The Morgan fingerprint density at radius 1 is 0.515 bits per heavy atom. The third-order valence-electron chi connectivity index (χ3n) is 5.18. The standard InChI is InChI=1S/C18H36O14.Zn/c19-6-4-2-1-3-5-7(20)8(21)9(22)10(23)11(24)12(25)13(26)14(27)15(28)16(29)17(30)18(31)32;/h7-17,19-30H,1-6H2,(H,31,32);. The maximum Gasteiger partial charge on any atom is 0.335 e. The maximum atomic E-state index is 10.6. The van der Waals surface area contributed by atoms with E-state index in [2.05, 4.69) is 0 Å². The number of carboxylic acid groups (broad SMARTS) is 1. The van der Waals surface area contributed by atoms with Crippen LogP contribution in [-0.2, 0) is 24.3 Å². The summed E-state index contributed by atoms with van der Waals surface area (Å²) in [5.74, 6) is -1.96. The number of aliphatic hydroxyl groups excluding tert-OH is 12. The number of rotatable bonds is 17. The number of unbranched alkanes of at least 4 members (excludes halogenated alkanes) is 3. The first-order valence-electron chi connectivity index (χ1n) is 10.1. The van der Waals surface area contributed by atoms with E-state index in [1.54, 1.807) is 0 Å². The average molecular weight is 542 g/mol. The monoisotopic (exact) mass is 540 g/mol. The Morgan fingerprint density at radius 2 is 0.848 bits per heavy atom. The molecule has 33 heavy (non-hydrogen) atoms. The minimum Gasteiger partial charge on any atom is -0.479 e. The smallest absolute Gasteiger partial charge is 0.335 e. The van der Waals surface area contributed by atoms with Crippen molar-refractivity contribution in [2.24, 2.45) is 0 Å². The second-order valence-electron chi connectivity index (χ2n) is 7.69. The Hall–Kier alpha value is -0.387. The van der Waals surface area contributed by atoms with Crippen LogP contribution in [0.3, 0.4) is 0 Å². The number of carbonyl (C=O) groups is 1. The van der Waals surface area contributed by atoms with Crippen molar-refractivity contribution >= 4 is 5.97 Å². The molecule has 0 saturated carbocycles. The summed E-state index contributed by atoms with van der Waals surface area (Å²) in [6.07, 6.45) is -23.3. The minimum absolute atomic E-state index is 0. The summed E-state index contributed by atoms with van der Waals surface area (Å²) in [4.78, 5) is 10.6. The van der Waals surface area contributed by atoms with Crippen LogP contribution < -0.4 is 0 Å². The van der Waals surface area contributed by atoms with Gasteiger partial charge >= 0.3 is 5.97 Å². The second-order valence-corrected chi connectivity index (χ2v) is 7.69. The molecule has 0 radical (unpaired) electrons. The van der Waals surface area contributed by atoms with Crippen LogP contribution in [0.4, 0.5) is 0 Å². The average Bonchev–Trinajstić information content (AvgIpc) is 2.78.